The van der Waals surface area contributed by atoms with Gasteiger partial charge in [-0.1, -0.05) is 0 Å². The van der Waals surface area contributed by atoms with Crippen LogP contribution < -0.4 is 10.5 Å². The van der Waals surface area contributed by atoms with Crippen LogP contribution >= 0.6 is 22.6 Å². The molecule has 0 aliphatic rings. The number of benzene rings is 2. The molecule has 0 saturated carbocycles. The number of halogens is 2. The van der Waals surface area contributed by atoms with E-state index in [0.29, 0.717) is 5.69 Å². The van der Waals surface area contributed by atoms with Gasteiger partial charge in [-0.25, -0.2) is 12.8 Å². The second kappa shape index (κ2) is 5.33. The van der Waals surface area contributed by atoms with Crippen LogP contribution in [0, 0.1) is 9.39 Å². The summed E-state index contributed by atoms with van der Waals surface area (Å²) in [5, 5.41) is 0. The van der Waals surface area contributed by atoms with E-state index in [0.717, 1.165) is 15.7 Å². The molecule has 0 aromatic heterocycles. The van der Waals surface area contributed by atoms with Crippen molar-refractivity contribution in [3.63, 3.8) is 0 Å². The molecule has 0 unspecified atom stereocenters. The molecule has 100 valence electrons. The van der Waals surface area contributed by atoms with Gasteiger partial charge in [0.25, 0.3) is 10.0 Å². The topological polar surface area (TPSA) is 72.2 Å². The van der Waals surface area contributed by atoms with Gasteiger partial charge in [-0.2, -0.15) is 0 Å². The van der Waals surface area contributed by atoms with Crippen LogP contribution in [0.1, 0.15) is 0 Å². The van der Waals surface area contributed by atoms with Gasteiger partial charge in [0.1, 0.15) is 10.7 Å². The molecule has 0 atom stereocenters. The van der Waals surface area contributed by atoms with Crippen LogP contribution in [0.2, 0.25) is 0 Å². The lowest BCUT2D eigenvalue weighted by Crippen LogP contribution is -2.14. The number of rotatable bonds is 3. The minimum Gasteiger partial charge on any atom is -0.399 e. The summed E-state index contributed by atoms with van der Waals surface area (Å²) in [4.78, 5) is -0.430. The normalized spacial score (nSPS) is 11.3. The van der Waals surface area contributed by atoms with Gasteiger partial charge in [-0.3, -0.25) is 4.72 Å². The Morgan fingerprint density at radius 3 is 2.32 bits per heavy atom. The SMILES string of the molecule is Nc1ccc(S(=O)(=O)Nc2ccc(I)cc2)c(F)c1. The van der Waals surface area contributed by atoms with Crippen molar-refractivity contribution in [3.05, 3.63) is 51.9 Å². The number of hydrogen-bond donors (Lipinski definition) is 2. The Labute approximate surface area is 124 Å². The summed E-state index contributed by atoms with van der Waals surface area (Å²) < 4.78 is 40.9. The molecule has 0 saturated heterocycles. The quantitative estimate of drug-likeness (QED) is 0.624. The average molecular weight is 392 g/mol. The van der Waals surface area contributed by atoms with Crippen molar-refractivity contribution in [2.45, 2.75) is 4.90 Å². The van der Waals surface area contributed by atoms with Gasteiger partial charge in [0.15, 0.2) is 0 Å². The van der Waals surface area contributed by atoms with Crippen molar-refractivity contribution >= 4 is 44.0 Å². The summed E-state index contributed by atoms with van der Waals surface area (Å²) in [5.41, 5.74) is 5.93. The fraction of sp³-hybridized carbons (Fsp3) is 0. The first-order valence-electron chi connectivity index (χ1n) is 5.22. The van der Waals surface area contributed by atoms with Crippen LogP contribution in [0.25, 0.3) is 0 Å². The zero-order valence-electron chi connectivity index (χ0n) is 9.60. The number of nitrogens with one attached hydrogen (secondary N) is 1. The predicted molar refractivity (Wildman–Crippen MR) is 80.8 cm³/mol. The Morgan fingerprint density at radius 2 is 1.74 bits per heavy atom. The second-order valence-electron chi connectivity index (χ2n) is 3.80. The first kappa shape index (κ1) is 14.1. The van der Waals surface area contributed by atoms with Crippen molar-refractivity contribution in [3.8, 4) is 0 Å². The van der Waals surface area contributed by atoms with E-state index in [1.165, 1.54) is 6.07 Å². The van der Waals surface area contributed by atoms with Crippen molar-refractivity contribution < 1.29 is 12.8 Å². The first-order chi connectivity index (χ1) is 8.88. The summed E-state index contributed by atoms with van der Waals surface area (Å²) in [6.45, 7) is 0. The number of hydrogen-bond acceptors (Lipinski definition) is 3. The highest BCUT2D eigenvalue weighted by Gasteiger charge is 2.19. The minimum absolute atomic E-state index is 0.172. The van der Waals surface area contributed by atoms with E-state index in [4.69, 9.17) is 5.73 Å². The molecule has 0 spiro atoms. The number of sulfonamides is 1. The van der Waals surface area contributed by atoms with E-state index in [2.05, 4.69) is 27.3 Å². The van der Waals surface area contributed by atoms with Gasteiger partial charge in [-0.05, 0) is 65.1 Å². The van der Waals surface area contributed by atoms with Crippen LogP contribution in [-0.2, 0) is 10.0 Å². The summed E-state index contributed by atoms with van der Waals surface area (Å²) in [6, 6.07) is 10.2. The Morgan fingerprint density at radius 1 is 1.11 bits per heavy atom. The van der Waals surface area contributed by atoms with Crippen LogP contribution in [0.15, 0.2) is 47.4 Å². The Hall–Kier alpha value is -1.35. The van der Waals surface area contributed by atoms with Gasteiger partial charge in [0.05, 0.1) is 0 Å². The molecule has 2 rings (SSSR count). The largest absolute Gasteiger partial charge is 0.399 e. The summed E-state index contributed by atoms with van der Waals surface area (Å²) in [5.74, 6) is -0.877. The fourth-order valence-corrected chi connectivity index (χ4v) is 2.94. The van der Waals surface area contributed by atoms with E-state index in [1.807, 2.05) is 0 Å². The number of nitrogens with two attached hydrogens (primary N) is 1. The Balaban J connectivity index is 2.35. The molecule has 0 radical (unpaired) electrons. The van der Waals surface area contributed by atoms with E-state index in [1.54, 1.807) is 24.3 Å². The maximum atomic E-state index is 13.6. The van der Waals surface area contributed by atoms with E-state index in [9.17, 15) is 12.8 Å². The van der Waals surface area contributed by atoms with Gasteiger partial charge < -0.3 is 5.73 Å². The standard InChI is InChI=1S/C12H10FIN2O2S/c13-11-7-9(15)3-6-12(11)19(17,18)16-10-4-1-8(14)2-5-10/h1-7,16H,15H2. The van der Waals surface area contributed by atoms with E-state index >= 15 is 0 Å². The lowest BCUT2D eigenvalue weighted by atomic mass is 10.3. The van der Waals surface area contributed by atoms with Gasteiger partial charge in [-0.15, -0.1) is 0 Å². The number of nitrogen functional groups attached to an aromatic ring is 1. The zero-order chi connectivity index (χ0) is 14.0. The molecular weight excluding hydrogens is 382 g/mol. The Kier molecular flexibility index (Phi) is 3.95. The maximum absolute atomic E-state index is 13.6. The highest BCUT2D eigenvalue weighted by Crippen LogP contribution is 2.21. The molecule has 0 aliphatic heterocycles. The monoisotopic (exact) mass is 392 g/mol. The molecular formula is C12H10FIN2O2S. The third kappa shape index (κ3) is 3.35. The van der Waals surface area contributed by atoms with E-state index < -0.39 is 20.7 Å². The van der Waals surface area contributed by atoms with Gasteiger partial charge >= 0.3 is 0 Å². The summed E-state index contributed by atoms with van der Waals surface area (Å²) >= 11 is 2.10. The molecule has 3 N–H and O–H groups in total. The lowest BCUT2D eigenvalue weighted by Gasteiger charge is -2.09. The van der Waals surface area contributed by atoms with E-state index in [-0.39, 0.29) is 5.69 Å². The predicted octanol–water partition coefficient (Wildman–Crippen LogP) is 2.81. The summed E-state index contributed by atoms with van der Waals surface area (Å²) in [7, 11) is -3.96. The van der Waals surface area contributed by atoms with Crippen LogP contribution in [0.4, 0.5) is 15.8 Å². The molecule has 2 aromatic rings. The Bertz CT molecular complexity index is 702. The summed E-state index contributed by atoms with van der Waals surface area (Å²) in [6.07, 6.45) is 0. The van der Waals surface area contributed by atoms with Gasteiger partial charge in [0, 0.05) is 14.9 Å². The molecule has 4 nitrogen and oxygen atoms in total. The lowest BCUT2D eigenvalue weighted by molar-refractivity contribution is 0.571. The van der Waals surface area contributed by atoms with Crippen LogP contribution in [-0.4, -0.2) is 8.42 Å². The molecule has 19 heavy (non-hydrogen) atoms. The van der Waals surface area contributed by atoms with Crippen molar-refractivity contribution in [2.24, 2.45) is 0 Å². The van der Waals surface area contributed by atoms with Crippen molar-refractivity contribution in [1.29, 1.82) is 0 Å². The fourth-order valence-electron chi connectivity index (χ4n) is 1.46. The average Bonchev–Trinajstić information content (AvgIpc) is 2.31. The molecule has 2 aromatic carbocycles. The number of anilines is 2. The molecule has 7 heteroatoms. The molecule has 0 amide bonds. The molecule has 0 heterocycles. The van der Waals surface area contributed by atoms with Crippen LogP contribution in [0.5, 0.6) is 0 Å². The third-order valence-corrected chi connectivity index (χ3v) is 4.48. The first-order valence-corrected chi connectivity index (χ1v) is 7.78. The highest BCUT2D eigenvalue weighted by molar-refractivity contribution is 14.1. The van der Waals surface area contributed by atoms with Crippen LogP contribution in [0.3, 0.4) is 0 Å². The molecule has 0 fully saturated rings. The highest BCUT2D eigenvalue weighted by atomic mass is 127. The molecule has 0 aliphatic carbocycles. The van der Waals surface area contributed by atoms with Crippen molar-refractivity contribution in [2.75, 3.05) is 10.5 Å². The minimum atomic E-state index is -3.96. The maximum Gasteiger partial charge on any atom is 0.264 e. The molecule has 0 bridgehead atoms. The van der Waals surface area contributed by atoms with Gasteiger partial charge in [0.2, 0.25) is 0 Å². The third-order valence-electron chi connectivity index (χ3n) is 2.34. The zero-order valence-corrected chi connectivity index (χ0v) is 12.6. The van der Waals surface area contributed by atoms with Crippen molar-refractivity contribution in [1.82, 2.24) is 0 Å². The smallest absolute Gasteiger partial charge is 0.264 e. The second-order valence-corrected chi connectivity index (χ2v) is 6.70.